The minimum absolute atomic E-state index is 0.0564. The smallest absolute Gasteiger partial charge is 0.255 e. The molecule has 0 bridgehead atoms. The molecule has 1 fully saturated rings. The highest BCUT2D eigenvalue weighted by Gasteiger charge is 2.27. The number of methoxy groups -OCH3 is 3. The Morgan fingerprint density at radius 3 is 2.31 bits per heavy atom. The third kappa shape index (κ3) is 5.68. The molecule has 188 valence electrons. The average Bonchev–Trinajstić information content (AvgIpc) is 2.93. The minimum atomic E-state index is -0.246. The van der Waals surface area contributed by atoms with E-state index in [2.05, 4.69) is 20.5 Å². The van der Waals surface area contributed by atoms with Crippen molar-refractivity contribution in [2.75, 3.05) is 50.0 Å². The summed E-state index contributed by atoms with van der Waals surface area (Å²) in [5, 5.41) is 5.86. The second-order valence-corrected chi connectivity index (χ2v) is 8.37. The van der Waals surface area contributed by atoms with Gasteiger partial charge in [0.1, 0.15) is 23.1 Å². The van der Waals surface area contributed by atoms with Gasteiger partial charge in [0.15, 0.2) is 0 Å². The van der Waals surface area contributed by atoms with E-state index in [1.54, 1.807) is 70.0 Å². The lowest BCUT2D eigenvalue weighted by Gasteiger charge is -2.32. The number of piperidine rings is 1. The van der Waals surface area contributed by atoms with Crippen molar-refractivity contribution in [3.8, 4) is 17.2 Å². The van der Waals surface area contributed by atoms with Gasteiger partial charge >= 0.3 is 0 Å². The highest BCUT2D eigenvalue weighted by atomic mass is 16.5. The summed E-state index contributed by atoms with van der Waals surface area (Å²) in [6, 6.07) is 16.0. The van der Waals surface area contributed by atoms with Crippen molar-refractivity contribution in [1.82, 2.24) is 4.98 Å². The molecule has 2 aromatic carbocycles. The number of pyridine rings is 1. The van der Waals surface area contributed by atoms with Gasteiger partial charge in [-0.1, -0.05) is 12.1 Å². The molecule has 1 aliphatic rings. The zero-order valence-corrected chi connectivity index (χ0v) is 20.6. The van der Waals surface area contributed by atoms with Crippen molar-refractivity contribution < 1.29 is 23.8 Å². The van der Waals surface area contributed by atoms with Crippen LogP contribution in [0.1, 0.15) is 23.2 Å². The predicted molar refractivity (Wildman–Crippen MR) is 138 cm³/mol. The summed E-state index contributed by atoms with van der Waals surface area (Å²) in [7, 11) is 4.70. The number of hydrogen-bond donors (Lipinski definition) is 2. The van der Waals surface area contributed by atoms with Crippen LogP contribution in [-0.2, 0) is 4.79 Å². The van der Waals surface area contributed by atoms with Gasteiger partial charge in [0.25, 0.3) is 5.91 Å². The van der Waals surface area contributed by atoms with Crippen LogP contribution in [0, 0.1) is 5.92 Å². The lowest BCUT2D eigenvalue weighted by molar-refractivity contribution is -0.120. The van der Waals surface area contributed by atoms with Crippen LogP contribution < -0.4 is 29.7 Å². The van der Waals surface area contributed by atoms with E-state index in [0.717, 1.165) is 0 Å². The fraction of sp³-hybridized carbons (Fsp3) is 0.296. The van der Waals surface area contributed by atoms with E-state index < -0.39 is 0 Å². The number of aromatic nitrogens is 1. The summed E-state index contributed by atoms with van der Waals surface area (Å²) < 4.78 is 15.9. The Hall–Kier alpha value is -4.27. The summed E-state index contributed by atoms with van der Waals surface area (Å²) >= 11 is 0. The van der Waals surface area contributed by atoms with Crippen LogP contribution in [0.15, 0.2) is 60.8 Å². The zero-order valence-electron chi connectivity index (χ0n) is 20.6. The van der Waals surface area contributed by atoms with Crippen molar-refractivity contribution in [3.05, 3.63) is 66.4 Å². The number of nitrogens with one attached hydrogen (secondary N) is 2. The topological polar surface area (TPSA) is 102 Å². The number of carbonyl (C=O) groups is 2. The third-order valence-electron chi connectivity index (χ3n) is 6.22. The Labute approximate surface area is 210 Å². The fourth-order valence-corrected chi connectivity index (χ4v) is 4.19. The number of benzene rings is 2. The van der Waals surface area contributed by atoms with Crippen molar-refractivity contribution in [1.29, 1.82) is 0 Å². The fourth-order valence-electron chi connectivity index (χ4n) is 4.19. The molecule has 9 heteroatoms. The van der Waals surface area contributed by atoms with Gasteiger partial charge in [0.05, 0.1) is 32.7 Å². The van der Waals surface area contributed by atoms with E-state index in [1.807, 2.05) is 12.1 Å². The van der Waals surface area contributed by atoms with Gasteiger partial charge in [-0.3, -0.25) is 9.59 Å². The van der Waals surface area contributed by atoms with E-state index in [-0.39, 0.29) is 17.7 Å². The predicted octanol–water partition coefficient (Wildman–Crippen LogP) is 4.21. The van der Waals surface area contributed by atoms with E-state index >= 15 is 0 Å². The Morgan fingerprint density at radius 2 is 1.58 bits per heavy atom. The summed E-state index contributed by atoms with van der Waals surface area (Å²) in [4.78, 5) is 32.3. The van der Waals surface area contributed by atoms with Crippen molar-refractivity contribution in [2.45, 2.75) is 12.8 Å². The molecule has 9 nitrogen and oxygen atoms in total. The molecule has 2 N–H and O–H groups in total. The zero-order chi connectivity index (χ0) is 25.5. The molecule has 36 heavy (non-hydrogen) atoms. The molecule has 3 aromatic rings. The summed E-state index contributed by atoms with van der Waals surface area (Å²) in [5.41, 5.74) is 1.68. The van der Waals surface area contributed by atoms with Gasteiger partial charge in [-0.2, -0.15) is 0 Å². The van der Waals surface area contributed by atoms with Crippen LogP contribution in [0.25, 0.3) is 0 Å². The number of amides is 2. The van der Waals surface area contributed by atoms with Crippen LogP contribution >= 0.6 is 0 Å². The van der Waals surface area contributed by atoms with Gasteiger partial charge in [-0.15, -0.1) is 0 Å². The van der Waals surface area contributed by atoms with Gasteiger partial charge < -0.3 is 29.7 Å². The lowest BCUT2D eigenvalue weighted by atomic mass is 9.95. The second kappa shape index (κ2) is 11.4. The maximum Gasteiger partial charge on any atom is 0.255 e. The van der Waals surface area contributed by atoms with E-state index in [1.165, 1.54) is 0 Å². The van der Waals surface area contributed by atoms with E-state index in [9.17, 15) is 9.59 Å². The molecule has 0 saturated carbocycles. The molecule has 2 amide bonds. The summed E-state index contributed by atoms with van der Waals surface area (Å²) in [6.45, 7) is 1.30. The first-order valence-electron chi connectivity index (χ1n) is 11.7. The molecule has 2 heterocycles. The molecular formula is C27H30N4O5. The molecule has 1 aliphatic heterocycles. The van der Waals surface area contributed by atoms with Gasteiger partial charge in [-0.25, -0.2) is 4.98 Å². The molecule has 0 aliphatic carbocycles. The Morgan fingerprint density at radius 1 is 0.861 bits per heavy atom. The highest BCUT2D eigenvalue weighted by molar-refractivity contribution is 6.05. The lowest BCUT2D eigenvalue weighted by Crippen LogP contribution is -2.38. The Kier molecular flexibility index (Phi) is 7.89. The SMILES string of the molecule is COc1ccc(OC)c(NC(=O)C2CCN(c3cc(C(=O)Nc4ccccc4OC)ccn3)CC2)c1. The quantitative estimate of drug-likeness (QED) is 0.488. The van der Waals surface area contributed by atoms with Crippen molar-refractivity contribution in [2.24, 2.45) is 5.92 Å². The number of ether oxygens (including phenoxy) is 3. The average molecular weight is 491 g/mol. The number of carbonyl (C=O) groups excluding carboxylic acids is 2. The van der Waals surface area contributed by atoms with Crippen LogP contribution in [0.2, 0.25) is 0 Å². The first kappa shape index (κ1) is 24.8. The molecule has 1 aromatic heterocycles. The van der Waals surface area contributed by atoms with Gasteiger partial charge in [-0.05, 0) is 49.2 Å². The summed E-state index contributed by atoms with van der Waals surface area (Å²) in [6.07, 6.45) is 2.95. The number of para-hydroxylation sites is 2. The van der Waals surface area contributed by atoms with E-state index in [0.29, 0.717) is 65.9 Å². The second-order valence-electron chi connectivity index (χ2n) is 8.37. The molecule has 0 spiro atoms. The molecule has 0 radical (unpaired) electrons. The Bertz CT molecular complexity index is 1220. The van der Waals surface area contributed by atoms with E-state index in [4.69, 9.17) is 14.2 Å². The number of nitrogens with zero attached hydrogens (tertiary/aromatic N) is 2. The number of anilines is 3. The van der Waals surface area contributed by atoms with Crippen molar-refractivity contribution in [3.63, 3.8) is 0 Å². The minimum Gasteiger partial charge on any atom is -0.497 e. The number of rotatable bonds is 8. The normalized spacial score (nSPS) is 13.6. The maximum absolute atomic E-state index is 12.9. The summed E-state index contributed by atoms with van der Waals surface area (Å²) in [5.74, 6) is 2.07. The third-order valence-corrected chi connectivity index (χ3v) is 6.22. The molecule has 0 atom stereocenters. The first-order valence-corrected chi connectivity index (χ1v) is 11.7. The van der Waals surface area contributed by atoms with Crippen LogP contribution in [0.3, 0.4) is 0 Å². The maximum atomic E-state index is 12.9. The molecule has 1 saturated heterocycles. The first-order chi connectivity index (χ1) is 17.5. The Balaban J connectivity index is 1.37. The molecule has 4 rings (SSSR count). The molecular weight excluding hydrogens is 460 g/mol. The molecule has 0 unspecified atom stereocenters. The largest absolute Gasteiger partial charge is 0.497 e. The van der Waals surface area contributed by atoms with Crippen LogP contribution in [-0.4, -0.2) is 51.2 Å². The highest BCUT2D eigenvalue weighted by Crippen LogP contribution is 2.31. The van der Waals surface area contributed by atoms with Crippen LogP contribution in [0.5, 0.6) is 17.2 Å². The van der Waals surface area contributed by atoms with Crippen molar-refractivity contribution >= 4 is 29.0 Å². The standard InChI is InChI=1S/C27H30N4O5/c1-34-20-8-9-24(36-3)22(17-20)30-26(32)18-11-14-31(15-12-18)25-16-19(10-13-28-25)27(33)29-21-6-4-5-7-23(21)35-2/h4-10,13,16-18H,11-12,14-15H2,1-3H3,(H,29,33)(H,30,32). The van der Waals surface area contributed by atoms with Crippen LogP contribution in [0.4, 0.5) is 17.2 Å². The van der Waals surface area contributed by atoms with Gasteiger partial charge in [0.2, 0.25) is 5.91 Å². The van der Waals surface area contributed by atoms with Gasteiger partial charge in [0, 0.05) is 36.8 Å². The number of hydrogen-bond acceptors (Lipinski definition) is 7. The monoisotopic (exact) mass is 490 g/mol.